The van der Waals surface area contributed by atoms with Crippen molar-refractivity contribution >= 4 is 28.8 Å². The lowest BCUT2D eigenvalue weighted by Gasteiger charge is -2.34. The number of aromatic hydroxyl groups is 1. The topological polar surface area (TPSA) is 74.4 Å². The summed E-state index contributed by atoms with van der Waals surface area (Å²) in [4.78, 5) is 11.7. The van der Waals surface area contributed by atoms with Crippen LogP contribution in [0.2, 0.25) is 5.02 Å². The molecule has 1 aromatic carbocycles. The van der Waals surface area contributed by atoms with E-state index < -0.39 is 0 Å². The maximum atomic E-state index is 10.3. The number of hydrogen-bond acceptors (Lipinski definition) is 6. The van der Waals surface area contributed by atoms with Crippen molar-refractivity contribution in [2.24, 2.45) is 0 Å². The molecule has 28 heavy (non-hydrogen) atoms. The molecule has 2 unspecified atom stereocenters. The number of nitrogens with one attached hydrogen (secondary N) is 1. The van der Waals surface area contributed by atoms with Crippen molar-refractivity contribution in [3.63, 3.8) is 0 Å². The van der Waals surface area contributed by atoms with Gasteiger partial charge in [-0.1, -0.05) is 11.6 Å². The van der Waals surface area contributed by atoms with Crippen molar-refractivity contribution in [3.05, 3.63) is 34.9 Å². The molecule has 3 aromatic rings. The number of benzene rings is 1. The second-order valence-corrected chi connectivity index (χ2v) is 8.30. The Kier molecular flexibility index (Phi) is 4.40. The van der Waals surface area contributed by atoms with Crippen LogP contribution >= 0.6 is 11.6 Å². The van der Waals surface area contributed by atoms with Crippen LogP contribution in [-0.4, -0.2) is 45.1 Å². The Hall–Kier alpha value is -2.31. The summed E-state index contributed by atoms with van der Waals surface area (Å²) in [5.41, 5.74) is 3.34. The summed E-state index contributed by atoms with van der Waals surface area (Å²) in [6.07, 6.45) is 5.01. The van der Waals surface area contributed by atoms with E-state index in [0.717, 1.165) is 24.6 Å². The molecule has 6 nitrogen and oxygen atoms in total. The first-order valence-corrected chi connectivity index (χ1v) is 10.2. The number of pyridine rings is 1. The van der Waals surface area contributed by atoms with Gasteiger partial charge in [0, 0.05) is 29.2 Å². The second kappa shape index (κ2) is 6.94. The fraction of sp³-hybridized carbons (Fsp3) is 0.429. The van der Waals surface area contributed by atoms with Crippen LogP contribution in [0.15, 0.2) is 28.7 Å². The number of fused-ring (bicyclic) bond motifs is 2. The summed E-state index contributed by atoms with van der Waals surface area (Å²) < 4.78 is 5.87. The highest BCUT2D eigenvalue weighted by molar-refractivity contribution is 6.31. The van der Waals surface area contributed by atoms with E-state index in [-0.39, 0.29) is 5.75 Å². The largest absolute Gasteiger partial charge is 0.507 e. The molecule has 0 spiro atoms. The zero-order chi connectivity index (χ0) is 19.3. The standard InChI is InChI=1S/C21H23ClN4O2/c1-12-9-13(22)10-17(27)19(12)16-6-7-18-20(24-16)25-21(28-18)23-14-4-5-15-3-2-8-26(15)11-14/h6-7,9-10,14-15,27H,2-5,8,11H2,1H3,(H,23,24,25). The number of oxazole rings is 1. The molecular formula is C21H23ClN4O2. The van der Waals surface area contributed by atoms with Gasteiger partial charge in [0.25, 0.3) is 6.01 Å². The number of aromatic nitrogens is 2. The summed E-state index contributed by atoms with van der Waals surface area (Å²) in [5.74, 6) is 0.112. The summed E-state index contributed by atoms with van der Waals surface area (Å²) in [6, 6.07) is 8.65. The number of anilines is 1. The van der Waals surface area contributed by atoms with Gasteiger partial charge in [0.2, 0.25) is 5.65 Å². The minimum atomic E-state index is 0.112. The first-order chi connectivity index (χ1) is 13.6. The Morgan fingerprint density at radius 2 is 2.11 bits per heavy atom. The SMILES string of the molecule is Cc1cc(Cl)cc(O)c1-c1ccc2oc(NC3CCC4CCCN4C3)nc2n1. The molecule has 5 rings (SSSR count). The third kappa shape index (κ3) is 3.20. The van der Waals surface area contributed by atoms with Crippen LogP contribution in [-0.2, 0) is 0 Å². The minimum Gasteiger partial charge on any atom is -0.507 e. The van der Waals surface area contributed by atoms with E-state index in [9.17, 15) is 5.11 Å². The van der Waals surface area contributed by atoms with E-state index in [1.54, 1.807) is 0 Å². The average molecular weight is 399 g/mol. The van der Waals surface area contributed by atoms with E-state index in [0.29, 0.717) is 39.6 Å². The maximum absolute atomic E-state index is 10.3. The molecule has 2 aliphatic heterocycles. The third-order valence-electron chi connectivity index (χ3n) is 5.92. The Bertz CT molecular complexity index is 1010. The molecule has 2 fully saturated rings. The van der Waals surface area contributed by atoms with Crippen LogP contribution < -0.4 is 5.32 Å². The molecule has 0 aliphatic carbocycles. The Labute approximate surface area is 168 Å². The Balaban J connectivity index is 1.40. The molecule has 7 heteroatoms. The van der Waals surface area contributed by atoms with Crippen LogP contribution in [0.5, 0.6) is 5.75 Å². The molecule has 4 heterocycles. The van der Waals surface area contributed by atoms with Crippen molar-refractivity contribution in [3.8, 4) is 17.0 Å². The maximum Gasteiger partial charge on any atom is 0.297 e. The molecule has 2 atom stereocenters. The molecule has 2 aliphatic rings. The summed E-state index contributed by atoms with van der Waals surface area (Å²) >= 11 is 6.01. The van der Waals surface area contributed by atoms with Gasteiger partial charge in [-0.3, -0.25) is 4.90 Å². The first kappa shape index (κ1) is 17.8. The van der Waals surface area contributed by atoms with E-state index in [1.807, 2.05) is 25.1 Å². The number of piperidine rings is 1. The van der Waals surface area contributed by atoms with E-state index in [4.69, 9.17) is 16.0 Å². The second-order valence-electron chi connectivity index (χ2n) is 7.86. The van der Waals surface area contributed by atoms with Gasteiger partial charge in [0.15, 0.2) is 5.58 Å². The van der Waals surface area contributed by atoms with Gasteiger partial charge in [0.1, 0.15) is 5.75 Å². The minimum absolute atomic E-state index is 0.112. The average Bonchev–Trinajstić information content (AvgIpc) is 3.26. The van der Waals surface area contributed by atoms with E-state index >= 15 is 0 Å². The number of aryl methyl sites for hydroxylation is 1. The molecule has 2 N–H and O–H groups in total. The predicted molar refractivity (Wildman–Crippen MR) is 110 cm³/mol. The van der Waals surface area contributed by atoms with Crippen LogP contribution in [0, 0.1) is 6.92 Å². The van der Waals surface area contributed by atoms with Gasteiger partial charge in [-0.05, 0) is 69.0 Å². The molecule has 0 bridgehead atoms. The quantitative estimate of drug-likeness (QED) is 0.671. The van der Waals surface area contributed by atoms with Crippen molar-refractivity contribution in [1.29, 1.82) is 0 Å². The number of nitrogens with zero attached hydrogens (tertiary/aromatic N) is 3. The normalized spacial score (nSPS) is 22.5. The molecule has 0 amide bonds. The predicted octanol–water partition coefficient (Wildman–Crippen LogP) is 4.60. The fourth-order valence-electron chi connectivity index (χ4n) is 4.60. The Morgan fingerprint density at radius 1 is 1.21 bits per heavy atom. The van der Waals surface area contributed by atoms with E-state index in [2.05, 4.69) is 20.2 Å². The lowest BCUT2D eigenvalue weighted by molar-refractivity contribution is 0.185. The van der Waals surface area contributed by atoms with Gasteiger partial charge in [-0.25, -0.2) is 4.98 Å². The smallest absolute Gasteiger partial charge is 0.297 e. The number of hydrogen-bond donors (Lipinski definition) is 2. The number of halogens is 1. The van der Waals surface area contributed by atoms with Crippen molar-refractivity contribution in [1.82, 2.24) is 14.9 Å². The highest BCUT2D eigenvalue weighted by Gasteiger charge is 2.32. The first-order valence-electron chi connectivity index (χ1n) is 9.84. The van der Waals surface area contributed by atoms with Crippen LogP contribution in [0.3, 0.4) is 0 Å². The van der Waals surface area contributed by atoms with Gasteiger partial charge < -0.3 is 14.8 Å². The lowest BCUT2D eigenvalue weighted by Crippen LogP contribution is -2.44. The summed E-state index contributed by atoms with van der Waals surface area (Å²) in [6.45, 7) is 4.14. The molecule has 146 valence electrons. The number of rotatable bonds is 3. The van der Waals surface area contributed by atoms with Gasteiger partial charge in [-0.2, -0.15) is 4.98 Å². The van der Waals surface area contributed by atoms with Crippen molar-refractivity contribution in [2.75, 3.05) is 18.4 Å². The monoisotopic (exact) mass is 398 g/mol. The zero-order valence-corrected chi connectivity index (χ0v) is 16.5. The highest BCUT2D eigenvalue weighted by Crippen LogP contribution is 2.35. The summed E-state index contributed by atoms with van der Waals surface area (Å²) in [5, 5.41) is 14.3. The van der Waals surface area contributed by atoms with Gasteiger partial charge in [0.05, 0.1) is 5.69 Å². The van der Waals surface area contributed by atoms with Crippen LogP contribution in [0.25, 0.3) is 22.5 Å². The zero-order valence-electron chi connectivity index (χ0n) is 15.8. The van der Waals surface area contributed by atoms with Crippen LogP contribution in [0.4, 0.5) is 6.01 Å². The summed E-state index contributed by atoms with van der Waals surface area (Å²) in [7, 11) is 0. The molecule has 0 saturated carbocycles. The Morgan fingerprint density at radius 3 is 2.96 bits per heavy atom. The van der Waals surface area contributed by atoms with E-state index in [1.165, 1.54) is 31.9 Å². The highest BCUT2D eigenvalue weighted by atomic mass is 35.5. The molecule has 2 aromatic heterocycles. The fourth-order valence-corrected chi connectivity index (χ4v) is 4.87. The van der Waals surface area contributed by atoms with Gasteiger partial charge >= 0.3 is 0 Å². The van der Waals surface area contributed by atoms with Crippen LogP contribution in [0.1, 0.15) is 31.2 Å². The number of phenolic OH excluding ortho intramolecular Hbond substituents is 1. The van der Waals surface area contributed by atoms with Crippen molar-refractivity contribution in [2.45, 2.75) is 44.7 Å². The third-order valence-corrected chi connectivity index (χ3v) is 6.14. The number of phenols is 1. The molecule has 0 radical (unpaired) electrons. The lowest BCUT2D eigenvalue weighted by atomic mass is 9.99. The van der Waals surface area contributed by atoms with Gasteiger partial charge in [-0.15, -0.1) is 0 Å². The molecule has 2 saturated heterocycles. The van der Waals surface area contributed by atoms with Crippen molar-refractivity contribution < 1.29 is 9.52 Å². The molecular weight excluding hydrogens is 376 g/mol.